The van der Waals surface area contributed by atoms with Gasteiger partial charge in [-0.25, -0.2) is 13.2 Å². The van der Waals surface area contributed by atoms with E-state index in [-0.39, 0.29) is 11.9 Å². The molecule has 1 nitrogen and oxygen atoms in total. The molecule has 1 unspecified atom stereocenters. The molecule has 0 spiro atoms. The molecule has 0 heterocycles. The van der Waals surface area contributed by atoms with Crippen molar-refractivity contribution in [1.29, 1.82) is 0 Å². The lowest BCUT2D eigenvalue weighted by molar-refractivity contribution is 0.497. The van der Waals surface area contributed by atoms with Crippen LogP contribution in [0.3, 0.4) is 0 Å². The minimum absolute atomic E-state index is 0.0451. The predicted octanol–water partition coefficient (Wildman–Crippen LogP) is 4.34. The maximum atomic E-state index is 13.1. The first-order chi connectivity index (χ1) is 9.60. The summed E-state index contributed by atoms with van der Waals surface area (Å²) in [4.78, 5) is 0. The summed E-state index contributed by atoms with van der Waals surface area (Å²) in [7, 11) is 0. The molecule has 0 saturated heterocycles. The first-order valence-corrected chi connectivity index (χ1v) is 6.53. The minimum atomic E-state index is -0.848. The zero-order chi connectivity index (χ0) is 14.5. The molecule has 0 bridgehead atoms. The molecule has 0 aromatic heterocycles. The van der Waals surface area contributed by atoms with E-state index in [1.54, 1.807) is 18.2 Å². The van der Waals surface area contributed by atoms with E-state index in [0.717, 1.165) is 18.1 Å². The number of halogens is 3. The highest BCUT2D eigenvalue weighted by molar-refractivity contribution is 5.21. The lowest BCUT2D eigenvalue weighted by Crippen LogP contribution is -2.20. The highest BCUT2D eigenvalue weighted by Crippen LogP contribution is 2.18. The fourth-order valence-corrected chi connectivity index (χ4v) is 2.08. The van der Waals surface area contributed by atoms with Crippen LogP contribution >= 0.6 is 0 Å². The van der Waals surface area contributed by atoms with Crippen molar-refractivity contribution < 1.29 is 13.2 Å². The molecule has 106 valence electrons. The van der Waals surface area contributed by atoms with Crippen molar-refractivity contribution in [3.8, 4) is 0 Å². The van der Waals surface area contributed by atoms with Crippen LogP contribution in [0.15, 0.2) is 42.5 Å². The van der Waals surface area contributed by atoms with E-state index >= 15 is 0 Å². The summed E-state index contributed by atoms with van der Waals surface area (Å²) < 4.78 is 38.8. The van der Waals surface area contributed by atoms with Crippen molar-refractivity contribution in [2.75, 3.05) is 0 Å². The van der Waals surface area contributed by atoms with Gasteiger partial charge in [0.15, 0.2) is 11.6 Å². The van der Waals surface area contributed by atoms with Gasteiger partial charge < -0.3 is 5.32 Å². The van der Waals surface area contributed by atoms with Crippen LogP contribution in [0.2, 0.25) is 0 Å². The molecule has 2 rings (SSSR count). The largest absolute Gasteiger partial charge is 0.306 e. The molecule has 0 amide bonds. The van der Waals surface area contributed by atoms with Gasteiger partial charge in [-0.2, -0.15) is 0 Å². The van der Waals surface area contributed by atoms with Gasteiger partial charge in [-0.3, -0.25) is 0 Å². The number of hydrogen-bond donors (Lipinski definition) is 1. The van der Waals surface area contributed by atoms with E-state index in [9.17, 15) is 13.2 Å². The third-order valence-corrected chi connectivity index (χ3v) is 3.22. The highest BCUT2D eigenvalue weighted by atomic mass is 19.2. The van der Waals surface area contributed by atoms with Gasteiger partial charge in [0.25, 0.3) is 0 Å². The Morgan fingerprint density at radius 1 is 0.950 bits per heavy atom. The molecule has 0 saturated carbocycles. The molecular weight excluding hydrogens is 263 g/mol. The maximum Gasteiger partial charge on any atom is 0.159 e. The van der Waals surface area contributed by atoms with Gasteiger partial charge in [-0.05, 0) is 41.8 Å². The Hall–Kier alpha value is -1.81. The van der Waals surface area contributed by atoms with Crippen molar-refractivity contribution in [3.05, 3.63) is 71.0 Å². The minimum Gasteiger partial charge on any atom is -0.306 e. The van der Waals surface area contributed by atoms with Crippen LogP contribution in [-0.4, -0.2) is 0 Å². The molecule has 4 heteroatoms. The van der Waals surface area contributed by atoms with E-state index < -0.39 is 11.6 Å². The summed E-state index contributed by atoms with van der Waals surface area (Å²) in [5.41, 5.74) is 1.64. The van der Waals surface area contributed by atoms with E-state index in [4.69, 9.17) is 0 Å². The summed E-state index contributed by atoms with van der Waals surface area (Å²) in [6.07, 6.45) is 0.815. The lowest BCUT2D eigenvalue weighted by Gasteiger charge is -2.17. The van der Waals surface area contributed by atoms with Crippen molar-refractivity contribution in [1.82, 2.24) is 5.32 Å². The van der Waals surface area contributed by atoms with Crippen molar-refractivity contribution in [3.63, 3.8) is 0 Å². The Labute approximate surface area is 116 Å². The fourth-order valence-electron chi connectivity index (χ4n) is 2.08. The third kappa shape index (κ3) is 3.61. The zero-order valence-corrected chi connectivity index (χ0v) is 11.2. The van der Waals surface area contributed by atoms with Crippen LogP contribution < -0.4 is 5.32 Å². The van der Waals surface area contributed by atoms with E-state index in [0.29, 0.717) is 12.1 Å². The van der Waals surface area contributed by atoms with Crippen molar-refractivity contribution in [2.45, 2.75) is 25.9 Å². The summed E-state index contributed by atoms with van der Waals surface area (Å²) in [5, 5.41) is 3.26. The first kappa shape index (κ1) is 14.6. The lowest BCUT2D eigenvalue weighted by atomic mass is 10.0. The molecule has 0 aliphatic rings. The van der Waals surface area contributed by atoms with Gasteiger partial charge >= 0.3 is 0 Å². The molecule has 0 aliphatic heterocycles. The first-order valence-electron chi connectivity index (χ1n) is 6.53. The summed E-state index contributed by atoms with van der Waals surface area (Å²) in [5.74, 6) is -1.97. The predicted molar refractivity (Wildman–Crippen MR) is 72.6 cm³/mol. The molecular formula is C16H16F3N. The zero-order valence-electron chi connectivity index (χ0n) is 11.2. The summed E-state index contributed by atoms with van der Waals surface area (Å²) in [6.45, 7) is 2.43. The smallest absolute Gasteiger partial charge is 0.159 e. The van der Waals surface area contributed by atoms with E-state index in [1.165, 1.54) is 18.2 Å². The van der Waals surface area contributed by atoms with Gasteiger partial charge in [0.1, 0.15) is 5.82 Å². The summed E-state index contributed by atoms with van der Waals surface area (Å²) in [6, 6.07) is 10.2. The van der Waals surface area contributed by atoms with Gasteiger partial charge in [-0.1, -0.05) is 25.1 Å². The Kier molecular flexibility index (Phi) is 4.79. The molecule has 2 aromatic rings. The number of nitrogens with one attached hydrogen (secondary N) is 1. The van der Waals surface area contributed by atoms with E-state index in [1.807, 2.05) is 6.92 Å². The van der Waals surface area contributed by atoms with Crippen LogP contribution in [-0.2, 0) is 6.54 Å². The SMILES string of the molecule is CCC(NCc1ccc(F)c(F)c1)c1ccc(F)cc1. The van der Waals surface area contributed by atoms with Gasteiger partial charge in [0.05, 0.1) is 0 Å². The molecule has 0 aliphatic carbocycles. The second-order valence-corrected chi connectivity index (χ2v) is 4.64. The molecule has 1 N–H and O–H groups in total. The molecule has 0 radical (unpaired) electrons. The second-order valence-electron chi connectivity index (χ2n) is 4.64. The Morgan fingerprint density at radius 2 is 1.65 bits per heavy atom. The van der Waals surface area contributed by atoms with Crippen molar-refractivity contribution in [2.24, 2.45) is 0 Å². The second kappa shape index (κ2) is 6.57. The van der Waals surface area contributed by atoms with Crippen LogP contribution in [0.5, 0.6) is 0 Å². The molecule has 0 fully saturated rings. The maximum absolute atomic E-state index is 13.1. The topological polar surface area (TPSA) is 12.0 Å². The Bertz CT molecular complexity index is 566. The quantitative estimate of drug-likeness (QED) is 0.858. The van der Waals surface area contributed by atoms with Gasteiger partial charge in [-0.15, -0.1) is 0 Å². The number of rotatable bonds is 5. The fraction of sp³-hybridized carbons (Fsp3) is 0.250. The van der Waals surface area contributed by atoms with Crippen LogP contribution in [0.4, 0.5) is 13.2 Å². The third-order valence-electron chi connectivity index (χ3n) is 3.22. The Morgan fingerprint density at radius 3 is 2.25 bits per heavy atom. The summed E-state index contributed by atoms with van der Waals surface area (Å²) >= 11 is 0. The van der Waals surface area contributed by atoms with Crippen LogP contribution in [0.25, 0.3) is 0 Å². The van der Waals surface area contributed by atoms with Crippen LogP contribution in [0.1, 0.15) is 30.5 Å². The molecule has 20 heavy (non-hydrogen) atoms. The standard InChI is InChI=1S/C16H16F3N/c1-2-16(12-4-6-13(17)7-5-12)20-10-11-3-8-14(18)15(19)9-11/h3-9,16,20H,2,10H2,1H3. The molecule has 2 aromatic carbocycles. The van der Waals surface area contributed by atoms with Gasteiger partial charge in [0, 0.05) is 12.6 Å². The van der Waals surface area contributed by atoms with Gasteiger partial charge in [0.2, 0.25) is 0 Å². The highest BCUT2D eigenvalue weighted by Gasteiger charge is 2.09. The Balaban J connectivity index is 2.03. The average Bonchev–Trinajstić information content (AvgIpc) is 2.45. The average molecular weight is 279 g/mol. The van der Waals surface area contributed by atoms with E-state index in [2.05, 4.69) is 5.32 Å². The number of hydrogen-bond acceptors (Lipinski definition) is 1. The normalized spacial score (nSPS) is 12.4. The monoisotopic (exact) mass is 279 g/mol. The van der Waals surface area contributed by atoms with Crippen LogP contribution in [0, 0.1) is 17.5 Å². The van der Waals surface area contributed by atoms with Crippen molar-refractivity contribution >= 4 is 0 Å². The number of benzene rings is 2. The molecule has 1 atom stereocenters.